The zero-order valence-electron chi connectivity index (χ0n) is 29.9. The van der Waals surface area contributed by atoms with E-state index in [9.17, 15) is 0 Å². The van der Waals surface area contributed by atoms with Crippen molar-refractivity contribution < 1.29 is 4.74 Å². The number of hydrogen-bond donors (Lipinski definition) is 0. The van der Waals surface area contributed by atoms with Gasteiger partial charge in [0.1, 0.15) is 0 Å². The standard InChI is InChI=1S/C48H50O/c1-45(2,3)43(47(37-25-13-7-14-26-37,38-27-15-8-16-28-38)39-29-17-9-18-30-39)49-44(46(4,5)6)48(40-31-19-10-20-32-40,41-33-21-11-22-34-41)42-35-23-12-24-36-42/h7-36,43-44H,1-6H3. The van der Waals surface area contributed by atoms with Gasteiger partial charge in [0.2, 0.25) is 0 Å². The fourth-order valence-electron chi connectivity index (χ4n) is 8.16. The number of rotatable bonds is 10. The van der Waals surface area contributed by atoms with Gasteiger partial charge in [-0.25, -0.2) is 0 Å². The lowest BCUT2D eigenvalue weighted by atomic mass is 9.57. The molecule has 1 heteroatoms. The Morgan fingerprint density at radius 2 is 0.449 bits per heavy atom. The first-order chi connectivity index (χ1) is 23.6. The zero-order chi connectivity index (χ0) is 34.5. The lowest BCUT2D eigenvalue weighted by molar-refractivity contribution is -0.143. The second kappa shape index (κ2) is 14.0. The largest absolute Gasteiger partial charge is 0.371 e. The van der Waals surface area contributed by atoms with Gasteiger partial charge in [0.25, 0.3) is 0 Å². The molecule has 0 fully saturated rings. The highest BCUT2D eigenvalue weighted by Crippen LogP contribution is 2.55. The molecular weight excluding hydrogens is 593 g/mol. The molecule has 0 saturated carbocycles. The summed E-state index contributed by atoms with van der Waals surface area (Å²) in [5.41, 5.74) is 5.39. The molecule has 0 radical (unpaired) electrons. The molecule has 0 amide bonds. The summed E-state index contributed by atoms with van der Waals surface area (Å²) in [7, 11) is 0. The van der Waals surface area contributed by atoms with Gasteiger partial charge in [-0.1, -0.05) is 224 Å². The molecule has 6 rings (SSSR count). The van der Waals surface area contributed by atoms with E-state index < -0.39 is 10.8 Å². The van der Waals surface area contributed by atoms with Crippen LogP contribution in [0.4, 0.5) is 0 Å². The minimum Gasteiger partial charge on any atom is -0.371 e. The normalized spacial score (nSPS) is 13.8. The van der Waals surface area contributed by atoms with Gasteiger partial charge >= 0.3 is 0 Å². The maximum atomic E-state index is 8.24. The molecule has 0 aliphatic carbocycles. The highest BCUT2D eigenvalue weighted by atomic mass is 16.5. The number of ether oxygens (including phenoxy) is 1. The van der Waals surface area contributed by atoms with Crippen molar-refractivity contribution in [3.63, 3.8) is 0 Å². The van der Waals surface area contributed by atoms with Crippen LogP contribution in [-0.4, -0.2) is 12.2 Å². The quantitative estimate of drug-likeness (QED) is 0.135. The van der Waals surface area contributed by atoms with Crippen LogP contribution < -0.4 is 0 Å². The van der Waals surface area contributed by atoms with E-state index in [2.05, 4.69) is 224 Å². The fourth-order valence-corrected chi connectivity index (χ4v) is 8.16. The Morgan fingerprint density at radius 1 is 0.286 bits per heavy atom. The molecule has 0 heterocycles. The topological polar surface area (TPSA) is 9.23 Å². The van der Waals surface area contributed by atoms with Crippen LogP contribution in [0.1, 0.15) is 74.9 Å². The second-order valence-corrected chi connectivity index (χ2v) is 15.4. The molecular formula is C48H50O. The van der Waals surface area contributed by atoms with E-state index in [0.29, 0.717) is 0 Å². The van der Waals surface area contributed by atoms with Crippen LogP contribution in [0.25, 0.3) is 0 Å². The summed E-state index contributed by atoms with van der Waals surface area (Å²) >= 11 is 0. The van der Waals surface area contributed by atoms with Gasteiger partial charge in [-0.05, 0) is 44.2 Å². The highest BCUT2D eigenvalue weighted by Gasteiger charge is 2.56. The monoisotopic (exact) mass is 642 g/mol. The predicted octanol–water partition coefficient (Wildman–Crippen LogP) is 11.9. The summed E-state index contributed by atoms with van der Waals surface area (Å²) in [4.78, 5) is 0. The van der Waals surface area contributed by atoms with Crippen LogP contribution in [-0.2, 0) is 15.6 Å². The Bertz CT molecular complexity index is 1530. The Balaban J connectivity index is 1.74. The van der Waals surface area contributed by atoms with E-state index >= 15 is 0 Å². The molecule has 0 N–H and O–H groups in total. The molecule has 1 nitrogen and oxygen atoms in total. The summed E-state index contributed by atoms with van der Waals surface area (Å²) in [5.74, 6) is 0. The number of benzene rings is 6. The molecule has 2 unspecified atom stereocenters. The molecule has 0 aromatic heterocycles. The van der Waals surface area contributed by atoms with Crippen LogP contribution in [0.3, 0.4) is 0 Å². The van der Waals surface area contributed by atoms with E-state index in [-0.39, 0.29) is 23.0 Å². The first-order valence-electron chi connectivity index (χ1n) is 17.6. The fraction of sp³-hybridized carbons (Fsp3) is 0.250. The van der Waals surface area contributed by atoms with Crippen LogP contribution >= 0.6 is 0 Å². The summed E-state index contributed by atoms with van der Waals surface area (Å²) in [6.07, 6.45) is -0.598. The van der Waals surface area contributed by atoms with E-state index in [0.717, 1.165) is 0 Å². The van der Waals surface area contributed by atoms with Gasteiger partial charge < -0.3 is 4.74 Å². The average Bonchev–Trinajstić information content (AvgIpc) is 3.13. The summed E-state index contributed by atoms with van der Waals surface area (Å²) in [6, 6.07) is 66.1. The van der Waals surface area contributed by atoms with E-state index in [4.69, 9.17) is 4.74 Å². The molecule has 0 spiro atoms. The lowest BCUT2D eigenvalue weighted by Crippen LogP contribution is -2.58. The van der Waals surface area contributed by atoms with Gasteiger partial charge in [-0.2, -0.15) is 0 Å². The molecule has 6 aromatic carbocycles. The van der Waals surface area contributed by atoms with Crippen LogP contribution in [0.5, 0.6) is 0 Å². The third kappa shape index (κ3) is 6.41. The van der Waals surface area contributed by atoms with E-state index in [1.807, 2.05) is 0 Å². The van der Waals surface area contributed by atoms with Crippen molar-refractivity contribution >= 4 is 0 Å². The maximum Gasteiger partial charge on any atom is 0.0806 e. The van der Waals surface area contributed by atoms with Crippen molar-refractivity contribution in [2.45, 2.75) is 64.6 Å². The van der Waals surface area contributed by atoms with Crippen molar-refractivity contribution in [3.05, 3.63) is 215 Å². The molecule has 0 aliphatic rings. The number of hydrogen-bond acceptors (Lipinski definition) is 1. The Labute approximate surface area is 294 Å². The smallest absolute Gasteiger partial charge is 0.0806 e. The van der Waals surface area contributed by atoms with Crippen molar-refractivity contribution in [3.8, 4) is 0 Å². The molecule has 0 bridgehead atoms. The third-order valence-electron chi connectivity index (χ3n) is 10.0. The summed E-state index contributed by atoms with van der Waals surface area (Å²) < 4.78 is 8.24. The minimum absolute atomic E-state index is 0.299. The molecule has 248 valence electrons. The molecule has 0 aliphatic heterocycles. The highest BCUT2D eigenvalue weighted by molar-refractivity contribution is 5.55. The predicted molar refractivity (Wildman–Crippen MR) is 206 cm³/mol. The van der Waals surface area contributed by atoms with Crippen molar-refractivity contribution in [1.82, 2.24) is 0 Å². The SMILES string of the molecule is CC(C)(C)C(OC(C(C)(C)C)C(c1ccccc1)(c1ccccc1)c1ccccc1)C(c1ccccc1)(c1ccccc1)c1ccccc1. The minimum atomic E-state index is -0.638. The lowest BCUT2D eigenvalue weighted by Gasteiger charge is -2.55. The van der Waals surface area contributed by atoms with Crippen LogP contribution in [0.2, 0.25) is 0 Å². The Morgan fingerprint density at radius 3 is 0.592 bits per heavy atom. The van der Waals surface area contributed by atoms with E-state index in [1.165, 1.54) is 33.4 Å². The molecule has 2 atom stereocenters. The van der Waals surface area contributed by atoms with Gasteiger partial charge in [-0.15, -0.1) is 0 Å². The Hall–Kier alpha value is -4.72. The van der Waals surface area contributed by atoms with Crippen LogP contribution in [0, 0.1) is 10.8 Å². The first-order valence-corrected chi connectivity index (χ1v) is 17.6. The summed E-state index contributed by atoms with van der Waals surface area (Å²) in [5, 5.41) is 0. The zero-order valence-corrected chi connectivity index (χ0v) is 29.9. The van der Waals surface area contributed by atoms with Gasteiger partial charge in [0.05, 0.1) is 23.0 Å². The molecule has 6 aromatic rings. The van der Waals surface area contributed by atoms with Crippen molar-refractivity contribution in [2.75, 3.05) is 0 Å². The summed E-state index contributed by atoms with van der Waals surface area (Å²) in [6.45, 7) is 14.1. The van der Waals surface area contributed by atoms with Crippen molar-refractivity contribution in [1.29, 1.82) is 0 Å². The molecule has 0 saturated heterocycles. The maximum absolute atomic E-state index is 8.24. The van der Waals surface area contributed by atoms with Gasteiger partial charge in [0.15, 0.2) is 0 Å². The first kappa shape index (κ1) is 34.2. The van der Waals surface area contributed by atoms with Crippen LogP contribution in [0.15, 0.2) is 182 Å². The van der Waals surface area contributed by atoms with Gasteiger partial charge in [-0.3, -0.25) is 0 Å². The second-order valence-electron chi connectivity index (χ2n) is 15.4. The average molecular weight is 643 g/mol. The molecule has 49 heavy (non-hydrogen) atoms. The Kier molecular flexibility index (Phi) is 9.77. The van der Waals surface area contributed by atoms with E-state index in [1.54, 1.807) is 0 Å². The van der Waals surface area contributed by atoms with Crippen molar-refractivity contribution in [2.24, 2.45) is 10.8 Å². The van der Waals surface area contributed by atoms with Gasteiger partial charge in [0, 0.05) is 0 Å². The third-order valence-corrected chi connectivity index (χ3v) is 10.0.